The summed E-state index contributed by atoms with van der Waals surface area (Å²) in [4.78, 5) is 14.3. The average molecular weight is 427 g/mol. The Balaban J connectivity index is 1.97. The second-order valence-electron chi connectivity index (χ2n) is 6.42. The van der Waals surface area contributed by atoms with Crippen molar-refractivity contribution in [1.82, 2.24) is 19.7 Å². The number of aromatic nitrogens is 3. The number of carbonyl (C=O) groups is 1. The van der Waals surface area contributed by atoms with E-state index in [9.17, 15) is 4.79 Å². The molecular formula is C22H26N4O3S. The van der Waals surface area contributed by atoms with E-state index in [4.69, 9.17) is 9.47 Å². The van der Waals surface area contributed by atoms with E-state index in [1.807, 2.05) is 71.8 Å². The summed E-state index contributed by atoms with van der Waals surface area (Å²) in [5, 5.41) is 9.46. The van der Waals surface area contributed by atoms with Gasteiger partial charge in [-0.3, -0.25) is 9.36 Å². The van der Waals surface area contributed by atoms with Crippen molar-refractivity contribution in [2.75, 3.05) is 33.1 Å². The third kappa shape index (κ3) is 4.76. The number of methoxy groups -OCH3 is 2. The molecule has 0 saturated heterocycles. The molecule has 0 bridgehead atoms. The van der Waals surface area contributed by atoms with Gasteiger partial charge >= 0.3 is 0 Å². The van der Waals surface area contributed by atoms with Crippen molar-refractivity contribution < 1.29 is 14.3 Å². The summed E-state index contributed by atoms with van der Waals surface area (Å²) < 4.78 is 12.5. The number of thioether (sulfide) groups is 1. The van der Waals surface area contributed by atoms with Gasteiger partial charge in [0.1, 0.15) is 11.5 Å². The average Bonchev–Trinajstić information content (AvgIpc) is 3.22. The number of nitrogens with zero attached hydrogens (tertiary/aromatic N) is 4. The predicted molar refractivity (Wildman–Crippen MR) is 119 cm³/mol. The van der Waals surface area contributed by atoms with Crippen LogP contribution >= 0.6 is 11.8 Å². The summed E-state index contributed by atoms with van der Waals surface area (Å²) in [5.74, 6) is 2.62. The van der Waals surface area contributed by atoms with E-state index in [1.54, 1.807) is 14.2 Å². The second kappa shape index (κ2) is 10.2. The molecule has 1 heterocycles. The van der Waals surface area contributed by atoms with Crippen molar-refractivity contribution in [3.8, 4) is 28.6 Å². The van der Waals surface area contributed by atoms with Gasteiger partial charge in [0.25, 0.3) is 0 Å². The van der Waals surface area contributed by atoms with Gasteiger partial charge in [-0.05, 0) is 62.4 Å². The Morgan fingerprint density at radius 1 is 0.933 bits per heavy atom. The maximum absolute atomic E-state index is 12.5. The molecule has 7 nitrogen and oxygen atoms in total. The molecule has 0 aliphatic carbocycles. The van der Waals surface area contributed by atoms with Crippen LogP contribution in [0.25, 0.3) is 17.1 Å². The van der Waals surface area contributed by atoms with Crippen LogP contribution in [0.1, 0.15) is 13.8 Å². The zero-order valence-corrected chi connectivity index (χ0v) is 18.5. The van der Waals surface area contributed by atoms with E-state index in [1.165, 1.54) is 11.8 Å². The molecule has 1 aromatic heterocycles. The minimum atomic E-state index is 0.0836. The summed E-state index contributed by atoms with van der Waals surface area (Å²) in [5.41, 5.74) is 1.80. The number of hydrogen-bond acceptors (Lipinski definition) is 6. The van der Waals surface area contributed by atoms with Gasteiger partial charge in [-0.25, -0.2) is 0 Å². The van der Waals surface area contributed by atoms with Gasteiger partial charge in [-0.1, -0.05) is 11.8 Å². The zero-order valence-electron chi connectivity index (χ0n) is 17.7. The first kappa shape index (κ1) is 21.7. The van der Waals surface area contributed by atoms with Gasteiger partial charge < -0.3 is 14.4 Å². The lowest BCUT2D eigenvalue weighted by Crippen LogP contribution is -2.31. The van der Waals surface area contributed by atoms with Crippen molar-refractivity contribution in [2.24, 2.45) is 0 Å². The predicted octanol–water partition coefficient (Wildman–Crippen LogP) is 3.91. The fourth-order valence-electron chi connectivity index (χ4n) is 3.05. The maximum atomic E-state index is 12.5. The first-order chi connectivity index (χ1) is 14.6. The summed E-state index contributed by atoms with van der Waals surface area (Å²) in [7, 11) is 3.27. The van der Waals surface area contributed by atoms with E-state index in [2.05, 4.69) is 10.2 Å². The standard InChI is InChI=1S/C22H26N4O3S/c1-5-25(6-2)20(27)15-30-22-24-23-21(16-7-11-18(28-3)12-8-16)26(22)17-9-13-19(29-4)14-10-17/h7-14H,5-6,15H2,1-4H3. The number of rotatable bonds is 9. The normalized spacial score (nSPS) is 10.7. The number of carbonyl (C=O) groups excluding carboxylic acids is 1. The Kier molecular flexibility index (Phi) is 7.35. The third-order valence-electron chi connectivity index (χ3n) is 4.75. The molecule has 8 heteroatoms. The highest BCUT2D eigenvalue weighted by molar-refractivity contribution is 7.99. The van der Waals surface area contributed by atoms with Crippen LogP contribution in [0.2, 0.25) is 0 Å². The summed E-state index contributed by atoms with van der Waals surface area (Å²) in [6, 6.07) is 15.3. The van der Waals surface area contributed by atoms with Gasteiger partial charge in [-0.15, -0.1) is 10.2 Å². The molecule has 0 aliphatic heterocycles. The molecule has 0 unspecified atom stereocenters. The van der Waals surface area contributed by atoms with E-state index < -0.39 is 0 Å². The smallest absolute Gasteiger partial charge is 0.233 e. The van der Waals surface area contributed by atoms with E-state index in [0.717, 1.165) is 22.7 Å². The van der Waals surface area contributed by atoms with Crippen molar-refractivity contribution >= 4 is 17.7 Å². The molecular weight excluding hydrogens is 400 g/mol. The van der Waals surface area contributed by atoms with Crippen molar-refractivity contribution in [3.05, 3.63) is 48.5 Å². The highest BCUT2D eigenvalue weighted by Gasteiger charge is 2.19. The molecule has 0 aliphatic rings. The largest absolute Gasteiger partial charge is 0.497 e. The quantitative estimate of drug-likeness (QED) is 0.483. The number of benzene rings is 2. The SMILES string of the molecule is CCN(CC)C(=O)CSc1nnc(-c2ccc(OC)cc2)n1-c1ccc(OC)cc1. The number of ether oxygens (including phenoxy) is 2. The van der Waals surface area contributed by atoms with Crippen LogP contribution in [0.15, 0.2) is 53.7 Å². The molecule has 0 atom stereocenters. The summed E-state index contributed by atoms with van der Waals surface area (Å²) >= 11 is 1.38. The molecule has 0 N–H and O–H groups in total. The number of hydrogen-bond donors (Lipinski definition) is 0. The Bertz CT molecular complexity index is 967. The highest BCUT2D eigenvalue weighted by atomic mass is 32.2. The lowest BCUT2D eigenvalue weighted by Gasteiger charge is -2.18. The molecule has 0 fully saturated rings. The van der Waals surface area contributed by atoms with Crippen molar-refractivity contribution in [1.29, 1.82) is 0 Å². The van der Waals surface area contributed by atoms with Gasteiger partial charge in [-0.2, -0.15) is 0 Å². The minimum Gasteiger partial charge on any atom is -0.497 e. The molecule has 158 valence electrons. The van der Waals surface area contributed by atoms with Crippen LogP contribution in [-0.4, -0.2) is 58.6 Å². The summed E-state index contributed by atoms with van der Waals surface area (Å²) in [6.07, 6.45) is 0. The first-order valence-electron chi connectivity index (χ1n) is 9.76. The Labute approximate surface area is 181 Å². The van der Waals surface area contributed by atoms with Gasteiger partial charge in [0, 0.05) is 24.3 Å². The fourth-order valence-corrected chi connectivity index (χ4v) is 3.90. The Morgan fingerprint density at radius 3 is 2.03 bits per heavy atom. The van der Waals surface area contributed by atoms with Gasteiger partial charge in [0.15, 0.2) is 11.0 Å². The topological polar surface area (TPSA) is 69.5 Å². The second-order valence-corrected chi connectivity index (χ2v) is 7.37. The van der Waals surface area contributed by atoms with Crippen LogP contribution < -0.4 is 9.47 Å². The van der Waals surface area contributed by atoms with Gasteiger partial charge in [0.05, 0.1) is 20.0 Å². The van der Waals surface area contributed by atoms with E-state index in [-0.39, 0.29) is 5.91 Å². The lowest BCUT2D eigenvalue weighted by atomic mass is 10.2. The Hall–Kier alpha value is -3.00. The molecule has 3 rings (SSSR count). The molecule has 2 aromatic carbocycles. The highest BCUT2D eigenvalue weighted by Crippen LogP contribution is 2.30. The van der Waals surface area contributed by atoms with Crippen molar-refractivity contribution in [3.63, 3.8) is 0 Å². The maximum Gasteiger partial charge on any atom is 0.233 e. The molecule has 0 radical (unpaired) electrons. The zero-order chi connectivity index (χ0) is 21.5. The van der Waals surface area contributed by atoms with Crippen LogP contribution in [0.4, 0.5) is 0 Å². The van der Waals surface area contributed by atoms with Crippen LogP contribution in [0, 0.1) is 0 Å². The van der Waals surface area contributed by atoms with E-state index in [0.29, 0.717) is 29.8 Å². The summed E-state index contributed by atoms with van der Waals surface area (Å²) in [6.45, 7) is 5.34. The first-order valence-corrected chi connectivity index (χ1v) is 10.7. The number of amides is 1. The third-order valence-corrected chi connectivity index (χ3v) is 5.67. The lowest BCUT2D eigenvalue weighted by molar-refractivity contribution is -0.127. The minimum absolute atomic E-state index is 0.0836. The molecule has 0 spiro atoms. The monoisotopic (exact) mass is 426 g/mol. The molecule has 30 heavy (non-hydrogen) atoms. The molecule has 0 saturated carbocycles. The van der Waals surface area contributed by atoms with Crippen LogP contribution in [-0.2, 0) is 4.79 Å². The van der Waals surface area contributed by atoms with Crippen LogP contribution in [0.5, 0.6) is 11.5 Å². The van der Waals surface area contributed by atoms with Crippen molar-refractivity contribution in [2.45, 2.75) is 19.0 Å². The Morgan fingerprint density at radius 2 is 1.50 bits per heavy atom. The molecule has 1 amide bonds. The van der Waals surface area contributed by atoms with Crippen LogP contribution in [0.3, 0.4) is 0 Å². The van der Waals surface area contributed by atoms with Gasteiger partial charge in [0.2, 0.25) is 5.91 Å². The fraction of sp³-hybridized carbons (Fsp3) is 0.318. The van der Waals surface area contributed by atoms with E-state index >= 15 is 0 Å². The molecule has 3 aromatic rings.